The molecule has 0 aliphatic rings. The molecule has 2 aromatic rings. The van der Waals surface area contributed by atoms with Crippen molar-refractivity contribution in [1.82, 2.24) is 0 Å². The monoisotopic (exact) mass is 232 g/mol. The first-order valence-electron chi connectivity index (χ1n) is 4.91. The summed E-state index contributed by atoms with van der Waals surface area (Å²) in [6.45, 7) is 0. The van der Waals surface area contributed by atoms with E-state index in [9.17, 15) is 14.3 Å². The van der Waals surface area contributed by atoms with Crippen LogP contribution in [0.1, 0.15) is 10.4 Å². The van der Waals surface area contributed by atoms with Gasteiger partial charge in [0.25, 0.3) is 0 Å². The summed E-state index contributed by atoms with van der Waals surface area (Å²) in [6, 6.07) is 9.65. The normalized spacial score (nSPS) is 10.2. The number of phenols is 1. The summed E-state index contributed by atoms with van der Waals surface area (Å²) in [5.41, 5.74) is 0.320. The average Bonchev–Trinajstić information content (AvgIpc) is 2.30. The van der Waals surface area contributed by atoms with Crippen molar-refractivity contribution in [3.05, 3.63) is 53.8 Å². The Balaban J connectivity index is 2.63. The van der Waals surface area contributed by atoms with Gasteiger partial charge in [0.15, 0.2) is 0 Å². The number of phenolic OH excluding ortho intramolecular Hbond substituents is 1. The van der Waals surface area contributed by atoms with Gasteiger partial charge in [-0.1, -0.05) is 18.2 Å². The van der Waals surface area contributed by atoms with Crippen molar-refractivity contribution in [3.63, 3.8) is 0 Å². The fourth-order valence-corrected chi connectivity index (χ4v) is 1.57. The third-order valence-electron chi connectivity index (χ3n) is 2.41. The Bertz CT molecular complexity index is 579. The standard InChI is InChI=1S/C13H9FO3/c14-11-6-5-8(13(16)17)7-10(11)9-3-1-2-4-12(9)15/h1-7,15H,(H,16,17). The summed E-state index contributed by atoms with van der Waals surface area (Å²) in [6.07, 6.45) is 0. The molecule has 0 bridgehead atoms. The minimum Gasteiger partial charge on any atom is -0.507 e. The highest BCUT2D eigenvalue weighted by atomic mass is 19.1. The second-order valence-electron chi connectivity index (χ2n) is 3.52. The number of aromatic carboxylic acids is 1. The minimum absolute atomic E-state index is 0.0235. The third-order valence-corrected chi connectivity index (χ3v) is 2.41. The maximum Gasteiger partial charge on any atom is 0.335 e. The van der Waals surface area contributed by atoms with Gasteiger partial charge < -0.3 is 10.2 Å². The Morgan fingerprint density at radius 3 is 2.41 bits per heavy atom. The summed E-state index contributed by atoms with van der Waals surface area (Å²) < 4.78 is 13.6. The van der Waals surface area contributed by atoms with Gasteiger partial charge in [-0.05, 0) is 24.3 Å². The van der Waals surface area contributed by atoms with Gasteiger partial charge in [-0.2, -0.15) is 0 Å². The fraction of sp³-hybridized carbons (Fsp3) is 0. The highest BCUT2D eigenvalue weighted by Crippen LogP contribution is 2.31. The van der Waals surface area contributed by atoms with E-state index in [-0.39, 0.29) is 22.4 Å². The molecule has 0 saturated heterocycles. The number of halogens is 1. The number of para-hydroxylation sites is 1. The van der Waals surface area contributed by atoms with Gasteiger partial charge in [0.1, 0.15) is 11.6 Å². The molecule has 0 fully saturated rings. The van der Waals surface area contributed by atoms with Gasteiger partial charge in [0, 0.05) is 11.1 Å². The summed E-state index contributed by atoms with van der Waals surface area (Å²) in [5, 5.41) is 18.4. The Morgan fingerprint density at radius 1 is 1.06 bits per heavy atom. The smallest absolute Gasteiger partial charge is 0.335 e. The number of hydrogen-bond acceptors (Lipinski definition) is 2. The first kappa shape index (κ1) is 11.1. The lowest BCUT2D eigenvalue weighted by atomic mass is 10.0. The zero-order chi connectivity index (χ0) is 12.4. The van der Waals surface area contributed by atoms with Crippen LogP contribution in [0, 0.1) is 5.82 Å². The molecule has 0 spiro atoms. The molecule has 2 rings (SSSR count). The molecule has 0 atom stereocenters. The van der Waals surface area contributed by atoms with Crippen molar-refractivity contribution in [3.8, 4) is 16.9 Å². The van der Waals surface area contributed by atoms with Crippen LogP contribution < -0.4 is 0 Å². The van der Waals surface area contributed by atoms with E-state index in [1.54, 1.807) is 12.1 Å². The lowest BCUT2D eigenvalue weighted by molar-refractivity contribution is 0.0697. The van der Waals surface area contributed by atoms with Crippen LogP contribution in [0.5, 0.6) is 5.75 Å². The molecule has 0 aliphatic heterocycles. The van der Waals surface area contributed by atoms with Crippen LogP contribution in [0.3, 0.4) is 0 Å². The van der Waals surface area contributed by atoms with Crippen LogP contribution in [0.15, 0.2) is 42.5 Å². The van der Waals surface area contributed by atoms with E-state index < -0.39 is 11.8 Å². The first-order valence-corrected chi connectivity index (χ1v) is 4.91. The molecule has 2 aromatic carbocycles. The molecular formula is C13H9FO3. The number of benzene rings is 2. The molecule has 2 N–H and O–H groups in total. The maximum absolute atomic E-state index is 13.6. The van der Waals surface area contributed by atoms with Crippen LogP contribution in [0.2, 0.25) is 0 Å². The Hall–Kier alpha value is -2.36. The van der Waals surface area contributed by atoms with Crippen molar-refractivity contribution >= 4 is 5.97 Å². The molecule has 0 radical (unpaired) electrons. The number of carbonyl (C=O) groups is 1. The molecule has 4 heteroatoms. The van der Waals surface area contributed by atoms with Crippen LogP contribution in [0.4, 0.5) is 4.39 Å². The lowest BCUT2D eigenvalue weighted by Crippen LogP contribution is -1.97. The highest BCUT2D eigenvalue weighted by Gasteiger charge is 2.12. The number of carboxylic acid groups (broad SMARTS) is 1. The van der Waals surface area contributed by atoms with Gasteiger partial charge >= 0.3 is 5.97 Å². The van der Waals surface area contributed by atoms with Gasteiger partial charge in [-0.3, -0.25) is 0 Å². The average molecular weight is 232 g/mol. The Labute approximate surface area is 96.8 Å². The summed E-state index contributed by atoms with van der Waals surface area (Å²) in [4.78, 5) is 10.8. The first-order chi connectivity index (χ1) is 8.09. The van der Waals surface area contributed by atoms with Crippen LogP contribution in [0.25, 0.3) is 11.1 Å². The van der Waals surface area contributed by atoms with E-state index in [4.69, 9.17) is 5.11 Å². The molecule has 3 nitrogen and oxygen atoms in total. The second-order valence-corrected chi connectivity index (χ2v) is 3.52. The van der Waals surface area contributed by atoms with Crippen LogP contribution in [-0.4, -0.2) is 16.2 Å². The van der Waals surface area contributed by atoms with Crippen LogP contribution >= 0.6 is 0 Å². The van der Waals surface area contributed by atoms with Crippen molar-refractivity contribution in [1.29, 1.82) is 0 Å². The number of rotatable bonds is 2. The molecule has 0 aliphatic carbocycles. The van der Waals surface area contributed by atoms with Crippen molar-refractivity contribution in [2.75, 3.05) is 0 Å². The fourth-order valence-electron chi connectivity index (χ4n) is 1.57. The van der Waals surface area contributed by atoms with E-state index in [0.717, 1.165) is 6.07 Å². The number of hydrogen-bond donors (Lipinski definition) is 2. The van der Waals surface area contributed by atoms with Crippen LogP contribution in [-0.2, 0) is 0 Å². The van der Waals surface area contributed by atoms with E-state index in [1.807, 2.05) is 0 Å². The molecule has 86 valence electrons. The van der Waals surface area contributed by atoms with Gasteiger partial charge in [-0.25, -0.2) is 9.18 Å². The number of carboxylic acids is 1. The van der Waals surface area contributed by atoms with E-state index in [0.29, 0.717) is 0 Å². The Morgan fingerprint density at radius 2 is 1.76 bits per heavy atom. The lowest BCUT2D eigenvalue weighted by Gasteiger charge is -2.06. The zero-order valence-corrected chi connectivity index (χ0v) is 8.72. The molecule has 0 aromatic heterocycles. The molecule has 0 unspecified atom stereocenters. The molecule has 0 amide bonds. The third kappa shape index (κ3) is 2.10. The van der Waals surface area contributed by atoms with Gasteiger partial charge in [0.05, 0.1) is 5.56 Å². The van der Waals surface area contributed by atoms with Gasteiger partial charge in [0.2, 0.25) is 0 Å². The van der Waals surface area contributed by atoms with Crippen molar-refractivity contribution in [2.24, 2.45) is 0 Å². The number of aromatic hydroxyl groups is 1. The van der Waals surface area contributed by atoms with Crippen molar-refractivity contribution in [2.45, 2.75) is 0 Å². The highest BCUT2D eigenvalue weighted by molar-refractivity contribution is 5.89. The second kappa shape index (κ2) is 4.25. The summed E-state index contributed by atoms with van der Waals surface area (Å²) in [7, 11) is 0. The minimum atomic E-state index is -1.14. The molecule has 0 heterocycles. The predicted octanol–water partition coefficient (Wildman–Crippen LogP) is 2.90. The zero-order valence-electron chi connectivity index (χ0n) is 8.72. The maximum atomic E-state index is 13.6. The quantitative estimate of drug-likeness (QED) is 0.836. The topological polar surface area (TPSA) is 57.5 Å². The molecule has 0 saturated carbocycles. The largest absolute Gasteiger partial charge is 0.507 e. The van der Waals surface area contributed by atoms with E-state index >= 15 is 0 Å². The Kier molecular flexibility index (Phi) is 2.78. The van der Waals surface area contributed by atoms with E-state index in [2.05, 4.69) is 0 Å². The summed E-state index contributed by atoms with van der Waals surface area (Å²) >= 11 is 0. The predicted molar refractivity (Wildman–Crippen MR) is 60.5 cm³/mol. The van der Waals surface area contributed by atoms with Crippen molar-refractivity contribution < 1.29 is 19.4 Å². The van der Waals surface area contributed by atoms with E-state index in [1.165, 1.54) is 24.3 Å². The summed E-state index contributed by atoms with van der Waals surface area (Å²) in [5.74, 6) is -1.80. The van der Waals surface area contributed by atoms with Gasteiger partial charge in [-0.15, -0.1) is 0 Å². The SMILES string of the molecule is O=C(O)c1ccc(F)c(-c2ccccc2O)c1. The molecule has 17 heavy (non-hydrogen) atoms. The molecular weight excluding hydrogens is 223 g/mol.